The molecule has 5 heteroatoms. The smallest absolute Gasteiger partial charge is 0.271 e. The van der Waals surface area contributed by atoms with Crippen molar-refractivity contribution in [3.05, 3.63) is 18.0 Å². The Morgan fingerprint density at radius 3 is 2.79 bits per heavy atom. The zero-order valence-corrected chi connectivity index (χ0v) is 11.7. The van der Waals surface area contributed by atoms with Crippen LogP contribution in [0.25, 0.3) is 0 Å². The van der Waals surface area contributed by atoms with Crippen molar-refractivity contribution in [2.45, 2.75) is 44.6 Å². The first-order valence-corrected chi connectivity index (χ1v) is 7.02. The summed E-state index contributed by atoms with van der Waals surface area (Å²) in [5.41, 5.74) is -0.343. The van der Waals surface area contributed by atoms with Gasteiger partial charge in [-0.1, -0.05) is 13.3 Å². The molecule has 1 fully saturated rings. The third-order valence-corrected chi connectivity index (χ3v) is 4.14. The molecule has 1 amide bonds. The van der Waals surface area contributed by atoms with Crippen molar-refractivity contribution >= 4 is 5.91 Å². The van der Waals surface area contributed by atoms with E-state index in [9.17, 15) is 9.90 Å². The highest BCUT2D eigenvalue weighted by Crippen LogP contribution is 2.33. The number of hydrogen-bond donors (Lipinski definition) is 2. The van der Waals surface area contributed by atoms with Gasteiger partial charge in [0.2, 0.25) is 0 Å². The van der Waals surface area contributed by atoms with Crippen LogP contribution in [0.5, 0.6) is 0 Å². The van der Waals surface area contributed by atoms with Crippen molar-refractivity contribution in [3.63, 3.8) is 0 Å². The summed E-state index contributed by atoms with van der Waals surface area (Å²) in [6, 6.07) is 1.67. The van der Waals surface area contributed by atoms with Crippen molar-refractivity contribution in [3.8, 4) is 0 Å². The highest BCUT2D eigenvalue weighted by molar-refractivity contribution is 5.92. The van der Waals surface area contributed by atoms with E-state index in [1.54, 1.807) is 24.0 Å². The molecule has 19 heavy (non-hydrogen) atoms. The van der Waals surface area contributed by atoms with Crippen LogP contribution in [0, 0.1) is 5.92 Å². The maximum Gasteiger partial charge on any atom is 0.271 e. The predicted octanol–water partition coefficient (Wildman–Crippen LogP) is 1.48. The van der Waals surface area contributed by atoms with Crippen LogP contribution in [-0.2, 0) is 7.05 Å². The van der Waals surface area contributed by atoms with Crippen LogP contribution in [0.2, 0.25) is 0 Å². The molecule has 0 bridgehead atoms. The summed E-state index contributed by atoms with van der Waals surface area (Å²) in [5, 5.41) is 17.3. The molecule has 0 radical (unpaired) electrons. The monoisotopic (exact) mass is 265 g/mol. The number of aliphatic hydroxyl groups is 1. The molecule has 1 aromatic heterocycles. The lowest BCUT2D eigenvalue weighted by Gasteiger charge is -2.35. The van der Waals surface area contributed by atoms with Gasteiger partial charge < -0.3 is 10.4 Å². The van der Waals surface area contributed by atoms with Gasteiger partial charge in [-0.05, 0) is 37.7 Å². The average molecular weight is 265 g/mol. The van der Waals surface area contributed by atoms with Crippen molar-refractivity contribution in [2.75, 3.05) is 6.54 Å². The van der Waals surface area contributed by atoms with E-state index in [1.807, 2.05) is 0 Å². The topological polar surface area (TPSA) is 67.2 Å². The minimum absolute atomic E-state index is 0.216. The Bertz CT molecular complexity index is 434. The zero-order chi connectivity index (χ0) is 13.9. The standard InChI is InChI=1S/C14H23N3O2/c1-3-11-4-7-14(19,8-5-11)10-15-13(18)12-6-9-17(2)16-12/h6,9,11,19H,3-5,7-8,10H2,1-2H3,(H,15,18). The molecule has 1 saturated carbocycles. The van der Waals surface area contributed by atoms with Gasteiger partial charge in [0.25, 0.3) is 5.91 Å². The normalized spacial score (nSPS) is 27.2. The molecule has 1 heterocycles. The molecule has 1 aromatic rings. The molecule has 5 nitrogen and oxygen atoms in total. The van der Waals surface area contributed by atoms with E-state index in [2.05, 4.69) is 17.3 Å². The summed E-state index contributed by atoms with van der Waals surface area (Å²) in [6.07, 6.45) is 6.55. The number of carbonyl (C=O) groups is 1. The molecule has 0 aliphatic heterocycles. The quantitative estimate of drug-likeness (QED) is 0.866. The molecule has 0 atom stereocenters. The van der Waals surface area contributed by atoms with Crippen LogP contribution >= 0.6 is 0 Å². The highest BCUT2D eigenvalue weighted by atomic mass is 16.3. The van der Waals surface area contributed by atoms with E-state index in [0.29, 0.717) is 12.2 Å². The molecule has 2 N–H and O–H groups in total. The largest absolute Gasteiger partial charge is 0.388 e. The van der Waals surface area contributed by atoms with Crippen LogP contribution in [0.15, 0.2) is 12.3 Å². The van der Waals surface area contributed by atoms with Gasteiger partial charge >= 0.3 is 0 Å². The second kappa shape index (κ2) is 5.74. The Morgan fingerprint density at radius 1 is 1.58 bits per heavy atom. The van der Waals surface area contributed by atoms with Gasteiger partial charge in [0.05, 0.1) is 5.60 Å². The van der Waals surface area contributed by atoms with Crippen LogP contribution in [0.3, 0.4) is 0 Å². The summed E-state index contributed by atoms with van der Waals surface area (Å²) in [7, 11) is 1.77. The van der Waals surface area contributed by atoms with Crippen molar-refractivity contribution in [1.29, 1.82) is 0 Å². The molecule has 0 unspecified atom stereocenters. The van der Waals surface area contributed by atoms with Gasteiger partial charge in [0.1, 0.15) is 5.69 Å². The maximum atomic E-state index is 11.9. The Kier molecular flexibility index (Phi) is 4.24. The van der Waals surface area contributed by atoms with Gasteiger partial charge in [-0.15, -0.1) is 0 Å². The number of hydrogen-bond acceptors (Lipinski definition) is 3. The lowest BCUT2D eigenvalue weighted by Crippen LogP contribution is -2.45. The van der Waals surface area contributed by atoms with Gasteiger partial charge in [0.15, 0.2) is 0 Å². The zero-order valence-electron chi connectivity index (χ0n) is 11.7. The number of aromatic nitrogens is 2. The van der Waals surface area contributed by atoms with Gasteiger partial charge in [0, 0.05) is 19.8 Å². The summed E-state index contributed by atoms with van der Waals surface area (Å²) < 4.78 is 1.59. The number of carbonyl (C=O) groups excluding carboxylic acids is 1. The summed E-state index contributed by atoms with van der Waals surface area (Å²) in [4.78, 5) is 11.9. The number of nitrogens with one attached hydrogen (secondary N) is 1. The van der Waals surface area contributed by atoms with E-state index >= 15 is 0 Å². The highest BCUT2D eigenvalue weighted by Gasteiger charge is 2.33. The third kappa shape index (κ3) is 3.56. The Balaban J connectivity index is 1.83. The molecule has 0 saturated heterocycles. The lowest BCUT2D eigenvalue weighted by atomic mass is 9.78. The fraction of sp³-hybridized carbons (Fsp3) is 0.714. The Labute approximate surface area is 114 Å². The molecule has 2 rings (SSSR count). The van der Waals surface area contributed by atoms with Crippen LogP contribution < -0.4 is 5.32 Å². The first-order valence-electron chi connectivity index (χ1n) is 7.02. The minimum Gasteiger partial charge on any atom is -0.388 e. The second-order valence-electron chi connectivity index (χ2n) is 5.63. The van der Waals surface area contributed by atoms with Crippen molar-refractivity contribution in [2.24, 2.45) is 13.0 Å². The minimum atomic E-state index is -0.740. The SMILES string of the molecule is CCC1CCC(O)(CNC(=O)c2ccn(C)n2)CC1. The van der Waals surface area contributed by atoms with Crippen molar-refractivity contribution < 1.29 is 9.90 Å². The van der Waals surface area contributed by atoms with E-state index in [-0.39, 0.29) is 5.91 Å². The van der Waals surface area contributed by atoms with Crippen LogP contribution in [-0.4, -0.2) is 32.9 Å². The Hall–Kier alpha value is -1.36. The molecule has 1 aliphatic carbocycles. The first-order chi connectivity index (χ1) is 9.02. The molecular formula is C14H23N3O2. The maximum absolute atomic E-state index is 11.9. The molecule has 0 spiro atoms. The average Bonchev–Trinajstić information content (AvgIpc) is 2.84. The van der Waals surface area contributed by atoms with Gasteiger partial charge in [-0.3, -0.25) is 9.48 Å². The second-order valence-corrected chi connectivity index (χ2v) is 5.63. The fourth-order valence-corrected chi connectivity index (χ4v) is 2.67. The number of nitrogens with zero attached hydrogens (tertiary/aromatic N) is 2. The van der Waals surface area contributed by atoms with E-state index in [4.69, 9.17) is 0 Å². The number of aryl methyl sites for hydroxylation is 1. The molecule has 106 valence electrons. The van der Waals surface area contributed by atoms with E-state index in [1.165, 1.54) is 6.42 Å². The predicted molar refractivity (Wildman–Crippen MR) is 72.7 cm³/mol. The number of rotatable bonds is 4. The summed E-state index contributed by atoms with van der Waals surface area (Å²) in [5.74, 6) is 0.512. The number of amides is 1. The molecular weight excluding hydrogens is 242 g/mol. The first kappa shape index (κ1) is 14.1. The molecule has 0 aromatic carbocycles. The van der Waals surface area contributed by atoms with Crippen LogP contribution in [0.1, 0.15) is 49.5 Å². The van der Waals surface area contributed by atoms with Gasteiger partial charge in [-0.2, -0.15) is 5.10 Å². The van der Waals surface area contributed by atoms with E-state index < -0.39 is 5.60 Å². The van der Waals surface area contributed by atoms with E-state index in [0.717, 1.165) is 31.6 Å². The fourth-order valence-electron chi connectivity index (χ4n) is 2.67. The molecule has 1 aliphatic rings. The van der Waals surface area contributed by atoms with Crippen molar-refractivity contribution in [1.82, 2.24) is 15.1 Å². The summed E-state index contributed by atoms with van der Waals surface area (Å²) in [6.45, 7) is 2.51. The van der Waals surface area contributed by atoms with Gasteiger partial charge in [-0.25, -0.2) is 0 Å². The van der Waals surface area contributed by atoms with Crippen LogP contribution in [0.4, 0.5) is 0 Å². The third-order valence-electron chi connectivity index (χ3n) is 4.14. The lowest BCUT2D eigenvalue weighted by molar-refractivity contribution is -0.00790. The Morgan fingerprint density at radius 2 is 2.26 bits per heavy atom. The summed E-state index contributed by atoms with van der Waals surface area (Å²) >= 11 is 0.